The summed E-state index contributed by atoms with van der Waals surface area (Å²) in [4.78, 5) is 14.6. The van der Waals surface area contributed by atoms with Crippen LogP contribution in [-0.4, -0.2) is 58.6 Å². The van der Waals surface area contributed by atoms with E-state index >= 15 is 0 Å². The highest BCUT2D eigenvalue weighted by Crippen LogP contribution is 2.21. The molecule has 1 aliphatic heterocycles. The summed E-state index contributed by atoms with van der Waals surface area (Å²) in [7, 11) is -0.197. The molecule has 1 fully saturated rings. The van der Waals surface area contributed by atoms with Crippen molar-refractivity contribution in [2.24, 2.45) is 0 Å². The van der Waals surface area contributed by atoms with Crippen LogP contribution in [0.5, 0.6) is 5.75 Å². The predicted octanol–water partition coefficient (Wildman–Crippen LogP) is 0.881. The molecule has 0 aliphatic carbocycles. The number of rotatable bonds is 6. The highest BCUT2D eigenvalue weighted by molar-refractivity contribution is 7.89. The third-order valence-electron chi connectivity index (χ3n) is 4.47. The lowest BCUT2D eigenvalue weighted by molar-refractivity contribution is -0.123. The summed E-state index contributed by atoms with van der Waals surface area (Å²) >= 11 is 0. The van der Waals surface area contributed by atoms with Gasteiger partial charge < -0.3 is 15.0 Å². The van der Waals surface area contributed by atoms with Gasteiger partial charge in [-0.1, -0.05) is 0 Å². The fraction of sp³-hybridized carbons (Fsp3) is 0.588. The number of sulfonamides is 1. The van der Waals surface area contributed by atoms with Crippen molar-refractivity contribution in [2.75, 3.05) is 27.2 Å². The van der Waals surface area contributed by atoms with Crippen molar-refractivity contribution < 1.29 is 17.9 Å². The number of nitrogens with one attached hydrogen (secondary N) is 2. The van der Waals surface area contributed by atoms with Crippen LogP contribution in [0.3, 0.4) is 0 Å². The number of piperidine rings is 1. The van der Waals surface area contributed by atoms with Gasteiger partial charge in [0.15, 0.2) is 0 Å². The second kappa shape index (κ2) is 8.16. The van der Waals surface area contributed by atoms with E-state index in [1.165, 1.54) is 19.2 Å². The number of methoxy groups -OCH3 is 1. The van der Waals surface area contributed by atoms with Crippen molar-refractivity contribution in [1.82, 2.24) is 14.9 Å². The first-order chi connectivity index (χ1) is 11.7. The van der Waals surface area contributed by atoms with E-state index in [0.29, 0.717) is 11.3 Å². The molecule has 0 spiro atoms. The maximum absolute atomic E-state index is 12.5. The highest BCUT2D eigenvalue weighted by atomic mass is 32.2. The van der Waals surface area contributed by atoms with Crippen molar-refractivity contribution in [2.45, 2.75) is 43.7 Å². The first kappa shape index (κ1) is 19.7. The Morgan fingerprint density at radius 1 is 1.32 bits per heavy atom. The summed E-state index contributed by atoms with van der Waals surface area (Å²) in [6, 6.07) is 3.86. The molecule has 0 bridgehead atoms. The summed E-state index contributed by atoms with van der Waals surface area (Å²) in [5.41, 5.74) is 0.716. The van der Waals surface area contributed by atoms with Crippen LogP contribution in [0.25, 0.3) is 0 Å². The Morgan fingerprint density at radius 2 is 1.96 bits per heavy atom. The van der Waals surface area contributed by atoms with Gasteiger partial charge in [0, 0.05) is 6.04 Å². The van der Waals surface area contributed by atoms with E-state index in [2.05, 4.69) is 14.9 Å². The minimum atomic E-state index is -3.78. The number of ether oxygens (including phenoxy) is 1. The smallest absolute Gasteiger partial charge is 0.241 e. The second-order valence-corrected chi connectivity index (χ2v) is 8.27. The number of likely N-dealkylation sites (tertiary alicyclic amines) is 1. The molecule has 25 heavy (non-hydrogen) atoms. The van der Waals surface area contributed by atoms with E-state index in [0.717, 1.165) is 25.9 Å². The Hall–Kier alpha value is -1.64. The van der Waals surface area contributed by atoms with Crippen molar-refractivity contribution in [3.05, 3.63) is 23.8 Å². The molecule has 8 heteroatoms. The first-order valence-electron chi connectivity index (χ1n) is 8.39. The molecule has 1 atom stereocenters. The zero-order valence-electron chi connectivity index (χ0n) is 15.2. The van der Waals surface area contributed by atoms with Gasteiger partial charge in [-0.15, -0.1) is 0 Å². The Bertz CT molecular complexity index is 713. The second-order valence-electron chi connectivity index (χ2n) is 6.56. The molecule has 7 nitrogen and oxygen atoms in total. The van der Waals surface area contributed by atoms with Crippen molar-refractivity contribution >= 4 is 15.9 Å². The molecule has 1 aromatic rings. The lowest BCUT2D eigenvalue weighted by Crippen LogP contribution is -2.50. The number of hydrogen-bond donors (Lipinski definition) is 2. The molecule has 1 aliphatic rings. The fourth-order valence-electron chi connectivity index (χ4n) is 2.85. The van der Waals surface area contributed by atoms with Crippen LogP contribution >= 0.6 is 0 Å². The summed E-state index contributed by atoms with van der Waals surface area (Å²) in [6.45, 7) is 5.18. The zero-order chi connectivity index (χ0) is 18.6. The maximum atomic E-state index is 12.5. The number of aryl methyl sites for hydroxylation is 1. The number of hydrogen-bond acceptors (Lipinski definition) is 5. The summed E-state index contributed by atoms with van der Waals surface area (Å²) in [5, 5.41) is 2.93. The van der Waals surface area contributed by atoms with Crippen LogP contribution in [0.4, 0.5) is 0 Å². The van der Waals surface area contributed by atoms with Crippen LogP contribution < -0.4 is 14.8 Å². The standard InChI is InChI=1S/C17H27N3O4S/c1-12-11-15(5-6-16(12)24-4)25(22,23)19-13(2)17(21)18-14-7-9-20(3)10-8-14/h5-6,11,13-14,19H,7-10H2,1-4H3,(H,18,21). The van der Waals surface area contributed by atoms with Crippen molar-refractivity contribution in [3.63, 3.8) is 0 Å². The maximum Gasteiger partial charge on any atom is 0.241 e. The molecule has 1 amide bonds. The molecule has 1 unspecified atom stereocenters. The van der Waals surface area contributed by atoms with Gasteiger partial charge in [0.25, 0.3) is 0 Å². The van der Waals surface area contributed by atoms with Crippen LogP contribution in [0.1, 0.15) is 25.3 Å². The molecule has 0 aromatic heterocycles. The SMILES string of the molecule is COc1ccc(S(=O)(=O)NC(C)C(=O)NC2CCN(C)CC2)cc1C. The quantitative estimate of drug-likeness (QED) is 0.777. The Kier molecular flexibility index (Phi) is 6.42. The van der Waals surface area contributed by atoms with E-state index in [4.69, 9.17) is 4.74 Å². The van der Waals surface area contributed by atoms with E-state index in [1.807, 2.05) is 7.05 Å². The molecule has 1 aromatic carbocycles. The summed E-state index contributed by atoms with van der Waals surface area (Å²) in [6.07, 6.45) is 1.75. The minimum Gasteiger partial charge on any atom is -0.496 e. The van der Waals surface area contributed by atoms with E-state index < -0.39 is 16.1 Å². The highest BCUT2D eigenvalue weighted by Gasteiger charge is 2.25. The predicted molar refractivity (Wildman–Crippen MR) is 96.2 cm³/mol. The molecule has 2 N–H and O–H groups in total. The van der Waals surface area contributed by atoms with Gasteiger partial charge in [-0.2, -0.15) is 4.72 Å². The van der Waals surface area contributed by atoms with Gasteiger partial charge in [0.1, 0.15) is 5.75 Å². The average molecular weight is 369 g/mol. The number of amides is 1. The lowest BCUT2D eigenvalue weighted by atomic mass is 10.1. The molecule has 2 rings (SSSR count). The normalized spacial score (nSPS) is 17.9. The molecule has 1 heterocycles. The molecule has 1 saturated heterocycles. The van der Waals surface area contributed by atoms with Crippen molar-refractivity contribution in [1.29, 1.82) is 0 Å². The summed E-state index contributed by atoms with van der Waals surface area (Å²) in [5.74, 6) is 0.315. The van der Waals surface area contributed by atoms with Gasteiger partial charge in [-0.25, -0.2) is 8.42 Å². The molecule has 0 saturated carbocycles. The average Bonchev–Trinajstić information content (AvgIpc) is 2.56. The molecular weight excluding hydrogens is 342 g/mol. The monoisotopic (exact) mass is 369 g/mol. The Labute approximate surface area is 149 Å². The van der Waals surface area contributed by atoms with Gasteiger partial charge in [0.2, 0.25) is 15.9 Å². The zero-order valence-corrected chi connectivity index (χ0v) is 16.0. The minimum absolute atomic E-state index is 0.0962. The third kappa shape index (κ3) is 5.17. The topological polar surface area (TPSA) is 87.7 Å². The van der Waals surface area contributed by atoms with Gasteiger partial charge in [-0.05, 0) is 70.6 Å². The largest absolute Gasteiger partial charge is 0.496 e. The lowest BCUT2D eigenvalue weighted by Gasteiger charge is -2.30. The van der Waals surface area contributed by atoms with Crippen LogP contribution in [0, 0.1) is 6.92 Å². The van der Waals surface area contributed by atoms with Crippen LogP contribution in [-0.2, 0) is 14.8 Å². The van der Waals surface area contributed by atoms with Crippen molar-refractivity contribution in [3.8, 4) is 5.75 Å². The summed E-state index contributed by atoms with van der Waals surface area (Å²) < 4.78 is 32.6. The number of carbonyl (C=O) groups is 1. The van der Waals surface area contributed by atoms with E-state index in [9.17, 15) is 13.2 Å². The van der Waals surface area contributed by atoms with E-state index in [1.54, 1.807) is 19.9 Å². The molecule has 140 valence electrons. The van der Waals surface area contributed by atoms with Gasteiger partial charge in [-0.3, -0.25) is 4.79 Å². The number of benzene rings is 1. The van der Waals surface area contributed by atoms with E-state index in [-0.39, 0.29) is 16.8 Å². The Balaban J connectivity index is 1.99. The number of nitrogens with zero attached hydrogens (tertiary/aromatic N) is 1. The van der Waals surface area contributed by atoms with Crippen LogP contribution in [0.2, 0.25) is 0 Å². The van der Waals surface area contributed by atoms with Crippen LogP contribution in [0.15, 0.2) is 23.1 Å². The van der Waals surface area contributed by atoms with Gasteiger partial charge in [0.05, 0.1) is 18.0 Å². The fourth-order valence-corrected chi connectivity index (χ4v) is 4.14. The third-order valence-corrected chi connectivity index (χ3v) is 6.01. The first-order valence-corrected chi connectivity index (χ1v) is 9.87. The number of carbonyl (C=O) groups excluding carboxylic acids is 1. The molecular formula is C17H27N3O4S. The molecule has 0 radical (unpaired) electrons. The Morgan fingerprint density at radius 3 is 2.52 bits per heavy atom. The van der Waals surface area contributed by atoms with Gasteiger partial charge >= 0.3 is 0 Å².